The molecule has 4 heteroatoms. The van der Waals surface area contributed by atoms with Crippen LogP contribution >= 0.6 is 19.9 Å². The van der Waals surface area contributed by atoms with Gasteiger partial charge in [-0.05, 0) is 46.2 Å². The van der Waals surface area contributed by atoms with E-state index in [-0.39, 0.29) is 0 Å². The second-order valence-corrected chi connectivity index (χ2v) is 9.02. The van der Waals surface area contributed by atoms with Crippen LogP contribution in [0.4, 0.5) is 0 Å². The monoisotopic (exact) mass is 302 g/mol. The Balaban J connectivity index is 2.51. The average Bonchev–Trinajstić information content (AvgIpc) is 2.48. The summed E-state index contributed by atoms with van der Waals surface area (Å²) in [7, 11) is -1.03. The first-order valence-electron chi connectivity index (χ1n) is 5.88. The predicted molar refractivity (Wildman–Crippen MR) is 87.0 cm³/mol. The van der Waals surface area contributed by atoms with Crippen molar-refractivity contribution in [3.63, 3.8) is 0 Å². The first kappa shape index (κ1) is 14.9. The number of benzene rings is 2. The first-order chi connectivity index (χ1) is 9.63. The maximum absolute atomic E-state index is 11.7. The summed E-state index contributed by atoms with van der Waals surface area (Å²) in [6.45, 7) is 7.85. The minimum Gasteiger partial charge on any atom is -0.291 e. The molecule has 102 valence electrons. The summed E-state index contributed by atoms with van der Waals surface area (Å²) in [5, 5.41) is 0. The van der Waals surface area contributed by atoms with Gasteiger partial charge in [0.2, 0.25) is 0 Å². The van der Waals surface area contributed by atoms with Crippen LogP contribution in [0, 0.1) is 13.8 Å². The van der Waals surface area contributed by atoms with Crippen LogP contribution in [-0.4, -0.2) is 11.2 Å². The fourth-order valence-electron chi connectivity index (χ4n) is 1.76. The zero-order chi connectivity index (χ0) is 14.6. The maximum atomic E-state index is 11.7. The minimum atomic E-state index is -2.30. The molecule has 0 N–H and O–H groups in total. The summed E-state index contributed by atoms with van der Waals surface area (Å²) in [5.74, 6) is 0. The van der Waals surface area contributed by atoms with Gasteiger partial charge in [0.05, 0.1) is 0 Å². The summed E-state index contributed by atoms with van der Waals surface area (Å²) in [6, 6.07) is 14.7. The zero-order valence-corrected chi connectivity index (χ0v) is 12.5. The fourth-order valence-corrected chi connectivity index (χ4v) is 5.93. The van der Waals surface area contributed by atoms with Gasteiger partial charge < -0.3 is 0 Å². The van der Waals surface area contributed by atoms with Gasteiger partial charge in [-0.2, -0.15) is 0 Å². The van der Waals surface area contributed by atoms with Crippen molar-refractivity contribution in [2.75, 3.05) is 0 Å². The molecule has 0 saturated heterocycles. The highest BCUT2D eigenvalue weighted by Crippen LogP contribution is 2.65. The molecule has 0 aromatic heterocycles. The summed E-state index contributed by atoms with van der Waals surface area (Å²) >= 11 is 0. The van der Waals surface area contributed by atoms with E-state index in [1.54, 1.807) is 12.1 Å². The molecule has 2 rings (SSSR count). The first-order valence-corrected chi connectivity index (χ1v) is 8.97. The van der Waals surface area contributed by atoms with Gasteiger partial charge in [-0.3, -0.25) is 9.59 Å². The van der Waals surface area contributed by atoms with E-state index in [0.717, 1.165) is 21.7 Å². The van der Waals surface area contributed by atoms with E-state index in [4.69, 9.17) is 0 Å². The molecule has 0 aliphatic carbocycles. The minimum absolute atomic E-state index is 0.693. The van der Waals surface area contributed by atoms with Crippen LogP contribution in [-0.2, 0) is 9.59 Å². The van der Waals surface area contributed by atoms with Gasteiger partial charge in [0, 0.05) is 9.79 Å². The van der Waals surface area contributed by atoms with Gasteiger partial charge in [0.15, 0.2) is 11.2 Å². The van der Waals surface area contributed by atoms with Crippen molar-refractivity contribution in [3.05, 3.63) is 73.5 Å². The van der Waals surface area contributed by atoms with E-state index in [1.807, 2.05) is 36.4 Å². The van der Waals surface area contributed by atoms with Crippen molar-refractivity contribution in [1.29, 1.82) is 0 Å². The van der Waals surface area contributed by atoms with Crippen molar-refractivity contribution in [1.82, 2.24) is 0 Å². The van der Waals surface area contributed by atoms with Gasteiger partial charge >= 0.3 is 0 Å². The summed E-state index contributed by atoms with van der Waals surface area (Å²) in [4.78, 5) is 24.9. The molecule has 0 bridgehead atoms. The number of hydrogen-bond acceptors (Lipinski definition) is 3. The smallest absolute Gasteiger partial charge is 0.178 e. The lowest BCUT2D eigenvalue weighted by molar-refractivity contribution is 0.566. The van der Waals surface area contributed by atoms with E-state index < -0.39 is 9.06 Å². The highest BCUT2D eigenvalue weighted by molar-refractivity contribution is 9.04. The van der Waals surface area contributed by atoms with Gasteiger partial charge in [0.1, 0.15) is 0 Å². The van der Waals surface area contributed by atoms with Crippen molar-refractivity contribution < 1.29 is 9.59 Å². The normalized spacial score (nSPS) is 11.9. The number of carbonyl (C=O) groups is 2. The predicted octanol–water partition coefficient (Wildman–Crippen LogP) is 4.30. The van der Waals surface area contributed by atoms with E-state index in [2.05, 4.69) is 13.8 Å². The molecule has 2 aromatic carbocycles. The molecular weight excluding hydrogens is 288 g/mol. The molecular formula is C16H14O2S2. The quantitative estimate of drug-likeness (QED) is 0.610. The molecule has 0 aliphatic heterocycles. The third-order valence-electron chi connectivity index (χ3n) is 2.80. The van der Waals surface area contributed by atoms with Crippen LogP contribution in [0.25, 0.3) is 0 Å². The molecule has 2 aromatic rings. The Kier molecular flexibility index (Phi) is 4.68. The molecule has 0 fully saturated rings. The van der Waals surface area contributed by atoms with Crippen molar-refractivity contribution in [3.8, 4) is 0 Å². The van der Waals surface area contributed by atoms with Crippen LogP contribution in [0.5, 0.6) is 0 Å². The Hall–Kier alpha value is -1.52. The Bertz CT molecular complexity index is 630. The maximum Gasteiger partial charge on any atom is 0.178 e. The number of carbonyl (C=O) groups excluding carboxylic acids is 2. The van der Waals surface area contributed by atoms with Crippen LogP contribution in [0.15, 0.2) is 58.3 Å². The van der Waals surface area contributed by atoms with Crippen LogP contribution in [0.1, 0.15) is 11.1 Å². The molecule has 0 amide bonds. The molecule has 0 saturated carbocycles. The van der Waals surface area contributed by atoms with Crippen molar-refractivity contribution in [2.45, 2.75) is 9.79 Å². The fraction of sp³-hybridized carbons (Fsp3) is 0. The van der Waals surface area contributed by atoms with E-state index in [9.17, 15) is 9.59 Å². The largest absolute Gasteiger partial charge is 0.291 e. The molecule has 2 radical (unpaired) electrons. The highest BCUT2D eigenvalue weighted by atomic mass is 33.2. The Labute approximate surface area is 124 Å². The lowest BCUT2D eigenvalue weighted by atomic mass is 10.2. The van der Waals surface area contributed by atoms with Crippen LogP contribution in [0.3, 0.4) is 0 Å². The third kappa shape index (κ3) is 2.81. The van der Waals surface area contributed by atoms with Gasteiger partial charge in [0.25, 0.3) is 0 Å². The second kappa shape index (κ2) is 6.29. The Morgan fingerprint density at radius 1 is 0.850 bits per heavy atom. The number of rotatable bonds is 5. The molecule has 0 atom stereocenters. The molecule has 0 aliphatic rings. The van der Waals surface area contributed by atoms with E-state index in [0.29, 0.717) is 10.5 Å². The standard InChI is InChI=1S/C16H14O2S2/c1-13-7-3-5-9-15(13)19-20(11-17,12-18)16-10-6-4-8-14(16)2/h3-12H,1-2H2. The van der Waals surface area contributed by atoms with Crippen molar-refractivity contribution in [2.24, 2.45) is 0 Å². The Morgan fingerprint density at radius 3 is 1.95 bits per heavy atom. The second-order valence-electron chi connectivity index (χ2n) is 4.14. The topological polar surface area (TPSA) is 34.1 Å². The van der Waals surface area contributed by atoms with Gasteiger partial charge in [-0.15, -0.1) is 0 Å². The SMILES string of the molecule is [CH2]c1ccccc1SS(C=O)(C=O)c1ccccc1[CH2]. The van der Waals surface area contributed by atoms with E-state index in [1.165, 1.54) is 10.8 Å². The van der Waals surface area contributed by atoms with E-state index >= 15 is 0 Å². The lowest BCUT2D eigenvalue weighted by Gasteiger charge is -2.28. The summed E-state index contributed by atoms with van der Waals surface area (Å²) < 4.78 is 0. The van der Waals surface area contributed by atoms with Crippen molar-refractivity contribution >= 4 is 31.1 Å². The zero-order valence-electron chi connectivity index (χ0n) is 10.8. The van der Waals surface area contributed by atoms with Crippen LogP contribution < -0.4 is 0 Å². The third-order valence-corrected chi connectivity index (χ3v) is 7.69. The molecule has 0 unspecified atom stereocenters. The molecule has 20 heavy (non-hydrogen) atoms. The molecule has 0 heterocycles. The molecule has 2 nitrogen and oxygen atoms in total. The lowest BCUT2D eigenvalue weighted by Crippen LogP contribution is -2.01. The summed E-state index contributed by atoms with van der Waals surface area (Å²) in [6.07, 6.45) is 0. The average molecular weight is 302 g/mol. The van der Waals surface area contributed by atoms with Gasteiger partial charge in [-0.1, -0.05) is 47.2 Å². The highest BCUT2D eigenvalue weighted by Gasteiger charge is 2.29. The van der Waals surface area contributed by atoms with Gasteiger partial charge in [-0.25, -0.2) is 0 Å². The number of hydrogen-bond donors (Lipinski definition) is 0. The van der Waals surface area contributed by atoms with Crippen LogP contribution in [0.2, 0.25) is 0 Å². The Morgan fingerprint density at radius 2 is 1.40 bits per heavy atom. The summed E-state index contributed by atoms with van der Waals surface area (Å²) in [5.41, 5.74) is 3.01. The molecule has 0 spiro atoms.